The SMILES string of the molecule is O=C(N[C@H]1C[C@H]2CN[C@H]1C2)c1cc2nccn2cn1. The summed E-state index contributed by atoms with van der Waals surface area (Å²) in [7, 11) is 0. The number of hydrogen-bond acceptors (Lipinski definition) is 4. The zero-order chi connectivity index (χ0) is 12.8. The monoisotopic (exact) mass is 257 g/mol. The lowest BCUT2D eigenvalue weighted by atomic mass is 10.1. The average molecular weight is 257 g/mol. The number of nitrogens with one attached hydrogen (secondary N) is 2. The normalized spacial score (nSPS) is 28.9. The highest BCUT2D eigenvalue weighted by atomic mass is 16.2. The summed E-state index contributed by atoms with van der Waals surface area (Å²) in [5.74, 6) is 0.614. The molecule has 1 saturated heterocycles. The Morgan fingerprint density at radius 1 is 1.42 bits per heavy atom. The molecule has 2 aromatic heterocycles. The highest BCUT2D eigenvalue weighted by Crippen LogP contribution is 2.31. The second kappa shape index (κ2) is 4.03. The van der Waals surface area contributed by atoms with E-state index < -0.39 is 0 Å². The molecule has 3 heterocycles. The Labute approximate surface area is 110 Å². The van der Waals surface area contributed by atoms with Gasteiger partial charge in [0.05, 0.1) is 0 Å². The average Bonchev–Trinajstić information content (AvgIpc) is 3.13. The number of carbonyl (C=O) groups excluding carboxylic acids is 1. The van der Waals surface area contributed by atoms with Crippen molar-refractivity contribution in [2.24, 2.45) is 5.92 Å². The Hall–Kier alpha value is -1.95. The molecule has 2 N–H and O–H groups in total. The van der Waals surface area contributed by atoms with E-state index in [0.717, 1.165) is 24.5 Å². The molecule has 0 aromatic carbocycles. The van der Waals surface area contributed by atoms with Crippen LogP contribution in [-0.2, 0) is 0 Å². The molecule has 6 heteroatoms. The number of nitrogens with zero attached hydrogens (tertiary/aromatic N) is 3. The third-order valence-electron chi connectivity index (χ3n) is 4.16. The molecule has 1 saturated carbocycles. The quantitative estimate of drug-likeness (QED) is 0.807. The Bertz CT molecular complexity index is 637. The molecule has 4 rings (SSSR count). The van der Waals surface area contributed by atoms with Crippen molar-refractivity contribution in [1.82, 2.24) is 25.0 Å². The summed E-state index contributed by atoms with van der Waals surface area (Å²) in [6.45, 7) is 1.09. The third kappa shape index (κ3) is 1.79. The van der Waals surface area contributed by atoms with Gasteiger partial charge in [0, 0.05) is 30.5 Å². The molecule has 19 heavy (non-hydrogen) atoms. The van der Waals surface area contributed by atoms with Crippen LogP contribution in [-0.4, -0.2) is 38.9 Å². The van der Waals surface area contributed by atoms with Gasteiger partial charge in [0.2, 0.25) is 0 Å². The van der Waals surface area contributed by atoms with Gasteiger partial charge in [-0.25, -0.2) is 9.97 Å². The largest absolute Gasteiger partial charge is 0.346 e. The van der Waals surface area contributed by atoms with E-state index in [1.165, 1.54) is 6.42 Å². The van der Waals surface area contributed by atoms with Crippen LogP contribution in [0.5, 0.6) is 0 Å². The lowest BCUT2D eigenvalue weighted by Gasteiger charge is -2.23. The summed E-state index contributed by atoms with van der Waals surface area (Å²) in [6, 6.07) is 2.39. The van der Waals surface area contributed by atoms with Crippen LogP contribution in [0.3, 0.4) is 0 Å². The van der Waals surface area contributed by atoms with E-state index in [9.17, 15) is 4.79 Å². The Kier molecular flexibility index (Phi) is 2.32. The molecule has 1 amide bonds. The van der Waals surface area contributed by atoms with Gasteiger partial charge in [-0.2, -0.15) is 0 Å². The predicted octanol–water partition coefficient (Wildman–Crippen LogP) is 0.209. The Balaban J connectivity index is 1.53. The standard InChI is InChI=1S/C13H15N5O/c19-13(17-10-4-8-3-9(10)15-6-8)11-5-12-14-1-2-18(12)7-16-11/h1-2,5,7-10,15H,3-4,6H2,(H,17,19)/t8-,9-,10-/m0/s1. The highest BCUT2D eigenvalue weighted by Gasteiger charge is 2.40. The van der Waals surface area contributed by atoms with Gasteiger partial charge < -0.3 is 10.6 Å². The second-order valence-electron chi connectivity index (χ2n) is 5.40. The number of imidazole rings is 1. The molecule has 0 unspecified atom stereocenters. The molecular formula is C13H15N5O. The van der Waals surface area contributed by atoms with Crippen LogP contribution in [0.1, 0.15) is 23.3 Å². The number of piperidine rings is 1. The van der Waals surface area contributed by atoms with Crippen molar-refractivity contribution in [2.75, 3.05) is 6.54 Å². The second-order valence-corrected chi connectivity index (χ2v) is 5.40. The van der Waals surface area contributed by atoms with Crippen LogP contribution in [0.2, 0.25) is 0 Å². The van der Waals surface area contributed by atoms with Gasteiger partial charge in [-0.1, -0.05) is 0 Å². The van der Waals surface area contributed by atoms with Crippen LogP contribution < -0.4 is 10.6 Å². The van der Waals surface area contributed by atoms with Gasteiger partial charge >= 0.3 is 0 Å². The fourth-order valence-corrected chi connectivity index (χ4v) is 3.20. The summed E-state index contributed by atoms with van der Waals surface area (Å²) < 4.78 is 1.79. The van der Waals surface area contributed by atoms with E-state index >= 15 is 0 Å². The zero-order valence-electron chi connectivity index (χ0n) is 10.4. The van der Waals surface area contributed by atoms with Gasteiger partial charge in [-0.3, -0.25) is 9.20 Å². The number of aromatic nitrogens is 3. The van der Waals surface area contributed by atoms with Crippen LogP contribution in [0, 0.1) is 5.92 Å². The number of carbonyl (C=O) groups is 1. The van der Waals surface area contributed by atoms with Gasteiger partial charge in [-0.15, -0.1) is 0 Å². The number of rotatable bonds is 2. The van der Waals surface area contributed by atoms with Crippen molar-refractivity contribution >= 4 is 11.6 Å². The van der Waals surface area contributed by atoms with Crippen LogP contribution in [0.15, 0.2) is 24.8 Å². The smallest absolute Gasteiger partial charge is 0.270 e. The molecule has 2 aromatic rings. The number of hydrogen-bond donors (Lipinski definition) is 2. The summed E-state index contributed by atoms with van der Waals surface area (Å²) in [4.78, 5) is 20.5. The minimum absolute atomic E-state index is 0.107. The first-order chi connectivity index (χ1) is 9.29. The van der Waals surface area contributed by atoms with Crippen molar-refractivity contribution in [1.29, 1.82) is 0 Å². The van der Waals surface area contributed by atoms with Crippen molar-refractivity contribution in [3.05, 3.63) is 30.5 Å². The van der Waals surface area contributed by atoms with Crippen LogP contribution >= 0.6 is 0 Å². The first-order valence-electron chi connectivity index (χ1n) is 6.62. The van der Waals surface area contributed by atoms with E-state index in [0.29, 0.717) is 11.7 Å². The maximum atomic E-state index is 12.2. The fourth-order valence-electron chi connectivity index (χ4n) is 3.20. The minimum Gasteiger partial charge on any atom is -0.346 e. The van der Waals surface area contributed by atoms with Crippen molar-refractivity contribution in [3.8, 4) is 0 Å². The Morgan fingerprint density at radius 3 is 3.16 bits per heavy atom. The molecule has 1 aliphatic carbocycles. The summed E-state index contributed by atoms with van der Waals surface area (Å²) in [5, 5.41) is 6.52. The fraction of sp³-hybridized carbons (Fsp3) is 0.462. The topological polar surface area (TPSA) is 71.3 Å². The molecule has 0 radical (unpaired) electrons. The number of fused-ring (bicyclic) bond motifs is 3. The molecule has 2 fully saturated rings. The van der Waals surface area contributed by atoms with Crippen molar-refractivity contribution < 1.29 is 4.79 Å². The molecule has 0 spiro atoms. The van der Waals surface area contributed by atoms with Crippen molar-refractivity contribution in [3.63, 3.8) is 0 Å². The first-order valence-corrected chi connectivity index (χ1v) is 6.62. The summed E-state index contributed by atoms with van der Waals surface area (Å²) in [6.07, 6.45) is 7.38. The van der Waals surface area contributed by atoms with Crippen LogP contribution in [0.4, 0.5) is 0 Å². The summed E-state index contributed by atoms with van der Waals surface area (Å²) in [5.41, 5.74) is 1.17. The molecule has 3 atom stereocenters. The van der Waals surface area contributed by atoms with Gasteiger partial charge in [0.15, 0.2) is 0 Å². The van der Waals surface area contributed by atoms with Crippen molar-refractivity contribution in [2.45, 2.75) is 24.9 Å². The molecular weight excluding hydrogens is 242 g/mol. The van der Waals surface area contributed by atoms with E-state index in [2.05, 4.69) is 20.6 Å². The summed E-state index contributed by atoms with van der Waals surface area (Å²) >= 11 is 0. The van der Waals surface area contributed by atoms with E-state index in [1.807, 2.05) is 6.20 Å². The van der Waals surface area contributed by atoms with Gasteiger partial charge in [-0.05, 0) is 25.3 Å². The lowest BCUT2D eigenvalue weighted by Crippen LogP contribution is -2.48. The predicted molar refractivity (Wildman–Crippen MR) is 68.8 cm³/mol. The molecule has 2 aliphatic rings. The molecule has 98 valence electrons. The number of amides is 1. The third-order valence-corrected chi connectivity index (χ3v) is 4.16. The van der Waals surface area contributed by atoms with Gasteiger partial charge in [0.1, 0.15) is 17.7 Å². The van der Waals surface area contributed by atoms with E-state index in [1.54, 1.807) is 23.0 Å². The van der Waals surface area contributed by atoms with Gasteiger partial charge in [0.25, 0.3) is 5.91 Å². The molecule has 6 nitrogen and oxygen atoms in total. The van der Waals surface area contributed by atoms with E-state index in [4.69, 9.17) is 0 Å². The van der Waals surface area contributed by atoms with Crippen LogP contribution in [0.25, 0.3) is 5.65 Å². The maximum absolute atomic E-state index is 12.2. The highest BCUT2D eigenvalue weighted by molar-refractivity contribution is 5.93. The first kappa shape index (κ1) is 10.9. The molecule has 2 bridgehead atoms. The van der Waals surface area contributed by atoms with E-state index in [-0.39, 0.29) is 11.9 Å². The Morgan fingerprint density at radius 2 is 2.37 bits per heavy atom. The maximum Gasteiger partial charge on any atom is 0.270 e. The zero-order valence-corrected chi connectivity index (χ0v) is 10.4. The lowest BCUT2D eigenvalue weighted by molar-refractivity contribution is 0.0923. The minimum atomic E-state index is -0.107. The molecule has 1 aliphatic heterocycles.